The van der Waals surface area contributed by atoms with Crippen LogP contribution in [0.2, 0.25) is 0 Å². The average Bonchev–Trinajstić information content (AvgIpc) is 2.96. The van der Waals surface area contributed by atoms with Crippen molar-refractivity contribution in [2.24, 2.45) is 0 Å². The van der Waals surface area contributed by atoms with Crippen LogP contribution in [0.15, 0.2) is 60.8 Å². The van der Waals surface area contributed by atoms with Gasteiger partial charge in [0.25, 0.3) is 5.91 Å². The number of ether oxygens (including phenoxy) is 4. The molecule has 0 aliphatic carbocycles. The standard InChI is InChI=1S/C18H15N3O4.C8H10N2O3/c1-24-15-8-7-14(16(21-15)18(23)25-2)20-17(22)12-9-10-19-13-6-4-3-5-11(12)13;1-12-6-4-3-5(9)7(10-6)8(11)13-2/h3-10H,1-2H3,(H,20,22);3-4H,9H2,1-2H3. The van der Waals surface area contributed by atoms with Gasteiger partial charge in [-0.25, -0.2) is 19.6 Å². The third kappa shape index (κ3) is 6.29. The van der Waals surface area contributed by atoms with Crippen molar-refractivity contribution in [3.05, 3.63) is 77.7 Å². The molecular formula is C26H25N5O7. The normalized spacial score (nSPS) is 10.0. The number of anilines is 2. The van der Waals surface area contributed by atoms with Gasteiger partial charge in [-0.1, -0.05) is 18.2 Å². The average molecular weight is 520 g/mol. The lowest BCUT2D eigenvalue weighted by Gasteiger charge is -2.11. The van der Waals surface area contributed by atoms with Gasteiger partial charge in [0.1, 0.15) is 0 Å². The van der Waals surface area contributed by atoms with E-state index in [9.17, 15) is 14.4 Å². The maximum Gasteiger partial charge on any atom is 0.358 e. The van der Waals surface area contributed by atoms with E-state index in [-0.39, 0.29) is 34.5 Å². The fraction of sp³-hybridized carbons (Fsp3) is 0.154. The molecule has 0 saturated heterocycles. The molecule has 3 N–H and O–H groups in total. The predicted octanol–water partition coefficient (Wildman–Crippen LogP) is 3.14. The van der Waals surface area contributed by atoms with E-state index in [2.05, 4.69) is 25.0 Å². The van der Waals surface area contributed by atoms with Gasteiger partial charge < -0.3 is 30.0 Å². The van der Waals surface area contributed by atoms with Gasteiger partial charge >= 0.3 is 11.9 Å². The number of methoxy groups -OCH3 is 4. The Kier molecular flexibility index (Phi) is 9.08. The van der Waals surface area contributed by atoms with Crippen molar-refractivity contribution in [2.45, 2.75) is 0 Å². The van der Waals surface area contributed by atoms with Crippen LogP contribution in [0.25, 0.3) is 10.9 Å². The number of nitrogens with one attached hydrogen (secondary N) is 1. The molecule has 0 atom stereocenters. The van der Waals surface area contributed by atoms with Crippen LogP contribution in [-0.2, 0) is 9.47 Å². The van der Waals surface area contributed by atoms with Crippen LogP contribution in [0.1, 0.15) is 31.3 Å². The summed E-state index contributed by atoms with van der Waals surface area (Å²) in [5.41, 5.74) is 7.19. The number of nitrogens with zero attached hydrogens (tertiary/aromatic N) is 3. The second-order valence-electron chi connectivity index (χ2n) is 7.35. The van der Waals surface area contributed by atoms with Crippen LogP contribution >= 0.6 is 0 Å². The molecule has 3 aromatic heterocycles. The molecule has 196 valence electrons. The Hall–Kier alpha value is -5.26. The predicted molar refractivity (Wildman–Crippen MR) is 138 cm³/mol. The van der Waals surface area contributed by atoms with Gasteiger partial charge in [0.05, 0.1) is 50.9 Å². The molecule has 0 spiro atoms. The highest BCUT2D eigenvalue weighted by atomic mass is 16.5. The number of fused-ring (bicyclic) bond motifs is 1. The molecule has 38 heavy (non-hydrogen) atoms. The highest BCUT2D eigenvalue weighted by molar-refractivity contribution is 6.13. The maximum atomic E-state index is 12.7. The van der Waals surface area contributed by atoms with Crippen molar-refractivity contribution in [3.8, 4) is 11.8 Å². The van der Waals surface area contributed by atoms with Crippen molar-refractivity contribution in [1.29, 1.82) is 0 Å². The third-order valence-electron chi connectivity index (χ3n) is 5.09. The number of amides is 1. The number of benzene rings is 1. The molecule has 0 bridgehead atoms. The first-order valence-electron chi connectivity index (χ1n) is 11.0. The van der Waals surface area contributed by atoms with Crippen molar-refractivity contribution < 1.29 is 33.3 Å². The van der Waals surface area contributed by atoms with Gasteiger partial charge in [0, 0.05) is 23.7 Å². The molecule has 12 heteroatoms. The van der Waals surface area contributed by atoms with Crippen LogP contribution in [0.3, 0.4) is 0 Å². The van der Waals surface area contributed by atoms with Gasteiger partial charge in [-0.2, -0.15) is 0 Å². The number of esters is 2. The molecule has 0 fully saturated rings. The summed E-state index contributed by atoms with van der Waals surface area (Å²) in [4.78, 5) is 47.8. The van der Waals surface area contributed by atoms with E-state index in [4.69, 9.17) is 19.9 Å². The van der Waals surface area contributed by atoms with E-state index in [0.717, 1.165) is 0 Å². The largest absolute Gasteiger partial charge is 0.481 e. The number of nitrogens with two attached hydrogens (primary N) is 1. The number of nitrogen functional groups attached to an aromatic ring is 1. The SMILES string of the molecule is COC(=O)c1nc(OC)ccc1N.COC(=O)c1nc(OC)ccc1NC(=O)c1ccnc2ccccc12. The highest BCUT2D eigenvalue weighted by Gasteiger charge is 2.19. The Morgan fingerprint density at radius 2 is 1.37 bits per heavy atom. The van der Waals surface area contributed by atoms with Crippen molar-refractivity contribution >= 4 is 40.1 Å². The zero-order chi connectivity index (χ0) is 27.7. The van der Waals surface area contributed by atoms with Gasteiger partial charge in [-0.05, 0) is 24.3 Å². The van der Waals surface area contributed by atoms with Crippen LogP contribution in [0.4, 0.5) is 11.4 Å². The molecule has 0 radical (unpaired) electrons. The van der Waals surface area contributed by atoms with Gasteiger partial charge in [0.2, 0.25) is 11.8 Å². The molecule has 0 aliphatic rings. The number of carbonyl (C=O) groups excluding carboxylic acids is 3. The Morgan fingerprint density at radius 3 is 2.03 bits per heavy atom. The Balaban J connectivity index is 0.000000260. The minimum atomic E-state index is -0.672. The first-order chi connectivity index (χ1) is 18.3. The van der Waals surface area contributed by atoms with E-state index in [0.29, 0.717) is 22.3 Å². The fourth-order valence-corrected chi connectivity index (χ4v) is 3.22. The summed E-state index contributed by atoms with van der Waals surface area (Å²) in [5, 5.41) is 3.41. The summed E-state index contributed by atoms with van der Waals surface area (Å²) in [6.07, 6.45) is 1.56. The van der Waals surface area contributed by atoms with Crippen molar-refractivity contribution in [3.63, 3.8) is 0 Å². The first-order valence-corrected chi connectivity index (χ1v) is 11.0. The molecule has 3 heterocycles. The fourth-order valence-electron chi connectivity index (χ4n) is 3.22. The maximum absolute atomic E-state index is 12.7. The molecule has 1 amide bonds. The molecule has 0 unspecified atom stereocenters. The summed E-state index contributed by atoms with van der Waals surface area (Å²) >= 11 is 0. The second-order valence-corrected chi connectivity index (χ2v) is 7.35. The van der Waals surface area contributed by atoms with Crippen LogP contribution in [-0.4, -0.2) is 61.2 Å². The monoisotopic (exact) mass is 519 g/mol. The molecule has 12 nitrogen and oxygen atoms in total. The minimum Gasteiger partial charge on any atom is -0.481 e. The summed E-state index contributed by atoms with van der Waals surface area (Å²) in [5.74, 6) is -1.05. The number of hydrogen-bond donors (Lipinski definition) is 2. The Labute approximate surface area is 217 Å². The molecule has 4 rings (SSSR count). The third-order valence-corrected chi connectivity index (χ3v) is 5.09. The van der Waals surface area contributed by atoms with E-state index >= 15 is 0 Å². The van der Waals surface area contributed by atoms with Crippen LogP contribution in [0, 0.1) is 0 Å². The lowest BCUT2D eigenvalue weighted by Crippen LogP contribution is -2.17. The number of pyridine rings is 3. The van der Waals surface area contributed by atoms with E-state index in [1.807, 2.05) is 24.3 Å². The van der Waals surface area contributed by atoms with E-state index in [1.165, 1.54) is 34.5 Å². The lowest BCUT2D eigenvalue weighted by atomic mass is 10.1. The second kappa shape index (κ2) is 12.6. The number of aromatic nitrogens is 3. The molecule has 1 aromatic carbocycles. The summed E-state index contributed by atoms with van der Waals surface area (Å²) in [6.45, 7) is 0. The Morgan fingerprint density at radius 1 is 0.763 bits per heavy atom. The van der Waals surface area contributed by atoms with Crippen LogP contribution < -0.4 is 20.5 Å². The number of hydrogen-bond acceptors (Lipinski definition) is 11. The van der Waals surface area contributed by atoms with Gasteiger partial charge in [-0.15, -0.1) is 0 Å². The quantitative estimate of drug-likeness (QED) is 0.359. The number of para-hydroxylation sites is 1. The summed E-state index contributed by atoms with van der Waals surface area (Å²) in [7, 11) is 5.40. The van der Waals surface area contributed by atoms with Gasteiger partial charge in [-0.3, -0.25) is 9.78 Å². The molecule has 0 saturated carbocycles. The van der Waals surface area contributed by atoms with Gasteiger partial charge in [0.15, 0.2) is 11.4 Å². The smallest absolute Gasteiger partial charge is 0.358 e. The zero-order valence-corrected chi connectivity index (χ0v) is 21.1. The molecular weight excluding hydrogens is 494 g/mol. The van der Waals surface area contributed by atoms with Crippen LogP contribution in [0.5, 0.6) is 11.8 Å². The first kappa shape index (κ1) is 27.3. The summed E-state index contributed by atoms with van der Waals surface area (Å²) in [6, 6.07) is 15.1. The van der Waals surface area contributed by atoms with E-state index in [1.54, 1.807) is 30.5 Å². The number of rotatable bonds is 6. The molecule has 4 aromatic rings. The minimum absolute atomic E-state index is 0.0337. The van der Waals surface area contributed by atoms with Crippen molar-refractivity contribution in [1.82, 2.24) is 15.0 Å². The topological polar surface area (TPSA) is 165 Å². The van der Waals surface area contributed by atoms with Crippen molar-refractivity contribution in [2.75, 3.05) is 39.5 Å². The van der Waals surface area contributed by atoms with E-state index < -0.39 is 11.9 Å². The number of carbonyl (C=O) groups is 3. The highest BCUT2D eigenvalue weighted by Crippen LogP contribution is 2.22. The Bertz CT molecular complexity index is 1470. The molecule has 0 aliphatic heterocycles. The lowest BCUT2D eigenvalue weighted by molar-refractivity contribution is 0.0585. The zero-order valence-electron chi connectivity index (χ0n) is 21.1. The summed E-state index contributed by atoms with van der Waals surface area (Å²) < 4.78 is 19.0.